The predicted octanol–water partition coefficient (Wildman–Crippen LogP) is 2.94. The molecule has 146 valence electrons. The Kier molecular flexibility index (Phi) is 4.42. The molecule has 0 radical (unpaired) electrons. The first-order valence-corrected chi connectivity index (χ1v) is 9.51. The Morgan fingerprint density at radius 1 is 1.25 bits per heavy atom. The normalized spacial score (nSPS) is 25.3. The topological polar surface area (TPSA) is 54.0 Å². The van der Waals surface area contributed by atoms with Gasteiger partial charge < -0.3 is 19.7 Å². The van der Waals surface area contributed by atoms with Crippen LogP contribution in [0, 0.1) is 5.92 Å². The van der Waals surface area contributed by atoms with E-state index in [9.17, 15) is 4.79 Å². The van der Waals surface area contributed by atoms with Crippen molar-refractivity contribution >= 4 is 28.9 Å². The van der Waals surface area contributed by atoms with Crippen LogP contribution in [0.1, 0.15) is 18.5 Å². The third kappa shape index (κ3) is 2.69. The SMILES string of the molecule is COc1ccc2c(c1)[C@H]1NC(=S)N(c3ccccc3)[C@@](C)(O2)[C@@H]1C(=O)N(C)C. The summed E-state index contributed by atoms with van der Waals surface area (Å²) in [6, 6.07) is 15.1. The number of nitrogens with zero attached hydrogens (tertiary/aromatic N) is 2. The molecule has 2 bridgehead atoms. The highest BCUT2D eigenvalue weighted by Crippen LogP contribution is 2.50. The number of ether oxygens (including phenoxy) is 2. The van der Waals surface area contributed by atoms with E-state index in [1.807, 2.05) is 60.4 Å². The van der Waals surface area contributed by atoms with Crippen LogP contribution in [0.25, 0.3) is 0 Å². The van der Waals surface area contributed by atoms with E-state index in [-0.39, 0.29) is 11.9 Å². The van der Waals surface area contributed by atoms with E-state index in [0.717, 1.165) is 11.3 Å². The van der Waals surface area contributed by atoms with E-state index in [0.29, 0.717) is 16.6 Å². The number of thiocarbonyl (C=S) groups is 1. The van der Waals surface area contributed by atoms with Gasteiger partial charge in [0.2, 0.25) is 5.91 Å². The number of hydrogen-bond donors (Lipinski definition) is 1. The van der Waals surface area contributed by atoms with Crippen molar-refractivity contribution in [3.8, 4) is 11.5 Å². The summed E-state index contributed by atoms with van der Waals surface area (Å²) in [6.07, 6.45) is 0. The first kappa shape index (κ1) is 18.6. The number of carbonyl (C=O) groups is 1. The van der Waals surface area contributed by atoms with Crippen molar-refractivity contribution in [1.29, 1.82) is 0 Å². The maximum Gasteiger partial charge on any atom is 0.233 e. The van der Waals surface area contributed by atoms with Crippen LogP contribution < -0.4 is 19.7 Å². The van der Waals surface area contributed by atoms with Gasteiger partial charge in [-0.05, 0) is 49.5 Å². The van der Waals surface area contributed by atoms with E-state index in [2.05, 4.69) is 5.32 Å². The van der Waals surface area contributed by atoms with Crippen LogP contribution in [0.5, 0.6) is 11.5 Å². The van der Waals surface area contributed by atoms with Crippen molar-refractivity contribution in [3.05, 3.63) is 54.1 Å². The van der Waals surface area contributed by atoms with Gasteiger partial charge >= 0.3 is 0 Å². The summed E-state index contributed by atoms with van der Waals surface area (Å²) in [5.74, 6) is 0.887. The highest BCUT2D eigenvalue weighted by atomic mass is 32.1. The standard InChI is InChI=1S/C21H23N3O3S/c1-21-17(19(25)23(2)3)18(15-12-14(26-4)10-11-16(15)27-21)22-20(28)24(21)13-8-6-5-7-9-13/h5-12,17-18H,1-4H3,(H,22,28)/t17-,18+,21-/m0/s1. The van der Waals surface area contributed by atoms with Crippen LogP contribution in [-0.4, -0.2) is 42.8 Å². The van der Waals surface area contributed by atoms with Crippen molar-refractivity contribution < 1.29 is 14.3 Å². The van der Waals surface area contributed by atoms with Crippen LogP contribution in [0.4, 0.5) is 5.69 Å². The third-order valence-corrected chi connectivity index (χ3v) is 5.73. The largest absolute Gasteiger partial charge is 0.497 e. The first-order chi connectivity index (χ1) is 13.4. The molecule has 6 nitrogen and oxygen atoms in total. The molecule has 0 aliphatic carbocycles. The van der Waals surface area contributed by atoms with Gasteiger partial charge in [-0.2, -0.15) is 0 Å². The fraction of sp³-hybridized carbons (Fsp3) is 0.333. The van der Waals surface area contributed by atoms with Gasteiger partial charge in [-0.1, -0.05) is 18.2 Å². The Hall–Kier alpha value is -2.80. The van der Waals surface area contributed by atoms with E-state index in [1.54, 1.807) is 26.1 Å². The summed E-state index contributed by atoms with van der Waals surface area (Å²) in [5, 5.41) is 3.91. The number of hydrogen-bond acceptors (Lipinski definition) is 4. The summed E-state index contributed by atoms with van der Waals surface area (Å²) in [5.41, 5.74) is 0.763. The molecule has 7 heteroatoms. The number of fused-ring (bicyclic) bond motifs is 4. The second-order valence-electron chi connectivity index (χ2n) is 7.37. The summed E-state index contributed by atoms with van der Waals surface area (Å²) in [7, 11) is 5.13. The molecule has 2 aliphatic heterocycles. The number of rotatable bonds is 3. The summed E-state index contributed by atoms with van der Waals surface area (Å²) >= 11 is 5.71. The zero-order valence-electron chi connectivity index (χ0n) is 16.3. The number of nitrogens with one attached hydrogen (secondary N) is 1. The van der Waals surface area contributed by atoms with Gasteiger partial charge in [-0.15, -0.1) is 0 Å². The molecular formula is C21H23N3O3S. The minimum Gasteiger partial charge on any atom is -0.497 e. The minimum atomic E-state index is -0.975. The molecule has 0 spiro atoms. The molecule has 2 aliphatic rings. The van der Waals surface area contributed by atoms with Gasteiger partial charge in [0, 0.05) is 25.3 Å². The lowest BCUT2D eigenvalue weighted by Gasteiger charge is -2.56. The number of amides is 1. The van der Waals surface area contributed by atoms with Crippen molar-refractivity contribution in [3.63, 3.8) is 0 Å². The van der Waals surface area contributed by atoms with Crippen LogP contribution in [0.2, 0.25) is 0 Å². The van der Waals surface area contributed by atoms with Crippen molar-refractivity contribution in [2.45, 2.75) is 18.7 Å². The number of carbonyl (C=O) groups excluding carboxylic acids is 1. The van der Waals surface area contributed by atoms with Gasteiger partial charge in [-0.3, -0.25) is 9.69 Å². The highest BCUT2D eigenvalue weighted by molar-refractivity contribution is 7.80. The Labute approximate surface area is 170 Å². The fourth-order valence-corrected chi connectivity index (χ4v) is 4.52. The average molecular weight is 398 g/mol. The molecule has 3 atom stereocenters. The van der Waals surface area contributed by atoms with Gasteiger partial charge in [0.05, 0.1) is 13.2 Å². The molecule has 1 N–H and O–H groups in total. The molecule has 1 saturated heterocycles. The average Bonchev–Trinajstić information content (AvgIpc) is 2.67. The molecule has 1 fully saturated rings. The Bertz CT molecular complexity index is 934. The first-order valence-electron chi connectivity index (χ1n) is 9.10. The lowest BCUT2D eigenvalue weighted by molar-refractivity contribution is -0.144. The highest BCUT2D eigenvalue weighted by Gasteiger charge is 2.59. The molecule has 0 saturated carbocycles. The van der Waals surface area contributed by atoms with Crippen molar-refractivity contribution in [2.24, 2.45) is 5.92 Å². The molecule has 2 heterocycles. The molecule has 0 aromatic heterocycles. The lowest BCUT2D eigenvalue weighted by atomic mass is 9.78. The zero-order valence-corrected chi connectivity index (χ0v) is 17.1. The maximum atomic E-state index is 13.3. The van der Waals surface area contributed by atoms with Crippen LogP contribution >= 0.6 is 12.2 Å². The monoisotopic (exact) mass is 397 g/mol. The predicted molar refractivity (Wildman–Crippen MR) is 112 cm³/mol. The quantitative estimate of drug-likeness (QED) is 0.804. The van der Waals surface area contributed by atoms with Gasteiger partial charge in [0.25, 0.3) is 0 Å². The molecule has 0 unspecified atom stereocenters. The molecular weight excluding hydrogens is 374 g/mol. The lowest BCUT2D eigenvalue weighted by Crippen LogP contribution is -2.72. The van der Waals surface area contributed by atoms with Crippen molar-refractivity contribution in [1.82, 2.24) is 10.2 Å². The number of methoxy groups -OCH3 is 1. The van der Waals surface area contributed by atoms with E-state index < -0.39 is 11.6 Å². The third-order valence-electron chi connectivity index (χ3n) is 5.43. The number of anilines is 1. The van der Waals surface area contributed by atoms with Crippen molar-refractivity contribution in [2.75, 3.05) is 26.1 Å². The Balaban J connectivity index is 1.91. The van der Waals surface area contributed by atoms with Crippen LogP contribution in [-0.2, 0) is 4.79 Å². The van der Waals surface area contributed by atoms with Gasteiger partial charge in [0.15, 0.2) is 10.8 Å². The molecule has 2 aromatic carbocycles. The maximum absolute atomic E-state index is 13.3. The fourth-order valence-electron chi connectivity index (χ4n) is 4.11. The molecule has 1 amide bonds. The smallest absolute Gasteiger partial charge is 0.233 e. The zero-order chi connectivity index (χ0) is 20.1. The number of benzene rings is 2. The van der Waals surface area contributed by atoms with E-state index in [1.165, 1.54) is 0 Å². The summed E-state index contributed by atoms with van der Waals surface area (Å²) in [4.78, 5) is 16.8. The second-order valence-corrected chi connectivity index (χ2v) is 7.76. The van der Waals surface area contributed by atoms with E-state index in [4.69, 9.17) is 21.7 Å². The minimum absolute atomic E-state index is 0.0306. The summed E-state index contributed by atoms with van der Waals surface area (Å²) < 4.78 is 11.9. The van der Waals surface area contributed by atoms with Gasteiger partial charge in [0.1, 0.15) is 17.4 Å². The molecule has 4 rings (SSSR count). The summed E-state index contributed by atoms with van der Waals surface area (Å²) in [6.45, 7) is 1.93. The number of para-hydroxylation sites is 1. The second kappa shape index (κ2) is 6.67. The van der Waals surface area contributed by atoms with Gasteiger partial charge in [-0.25, -0.2) is 0 Å². The van der Waals surface area contributed by atoms with Crippen LogP contribution in [0.15, 0.2) is 48.5 Å². The Morgan fingerprint density at radius 3 is 2.61 bits per heavy atom. The van der Waals surface area contributed by atoms with E-state index >= 15 is 0 Å². The molecule has 28 heavy (non-hydrogen) atoms. The Morgan fingerprint density at radius 2 is 1.96 bits per heavy atom. The molecule has 2 aromatic rings. The van der Waals surface area contributed by atoms with Crippen LogP contribution in [0.3, 0.4) is 0 Å².